The summed E-state index contributed by atoms with van der Waals surface area (Å²) in [6.45, 7) is 2.21. The van der Waals surface area contributed by atoms with Crippen LogP contribution in [0.3, 0.4) is 0 Å². The molecule has 0 spiro atoms. The Morgan fingerprint density at radius 3 is 3.00 bits per heavy atom. The Hall–Kier alpha value is -2.35. The van der Waals surface area contributed by atoms with Gasteiger partial charge in [0.05, 0.1) is 17.8 Å². The fourth-order valence-corrected chi connectivity index (χ4v) is 1.55. The minimum Gasteiger partial charge on any atom is -0.503 e. The number of benzene rings is 1. The normalized spacial score (nSPS) is 11.1. The molecule has 0 atom stereocenters. The van der Waals surface area contributed by atoms with E-state index in [1.54, 1.807) is 13.0 Å². The van der Waals surface area contributed by atoms with Gasteiger partial charge in [-0.1, -0.05) is 21.5 Å². The Morgan fingerprint density at radius 2 is 2.37 bits per heavy atom. The second kappa shape index (κ2) is 5.53. The molecule has 19 heavy (non-hydrogen) atoms. The van der Waals surface area contributed by atoms with Crippen LogP contribution < -0.4 is 10.5 Å². The van der Waals surface area contributed by atoms with Crippen molar-refractivity contribution in [2.45, 2.75) is 6.92 Å². The van der Waals surface area contributed by atoms with Crippen molar-refractivity contribution in [3.8, 4) is 11.5 Å². The van der Waals surface area contributed by atoms with Gasteiger partial charge in [-0.2, -0.15) is 5.10 Å². The van der Waals surface area contributed by atoms with Gasteiger partial charge in [0.1, 0.15) is 0 Å². The lowest BCUT2D eigenvalue weighted by Crippen LogP contribution is -2.00. The molecule has 8 nitrogen and oxygen atoms in total. The summed E-state index contributed by atoms with van der Waals surface area (Å²) < 4.78 is 5.25. The standard InChI is InChI=1S/C10H11ClN6O2/c1-2-19-8-4-6(3-7(11)9(8)18)5-13-17-10(12)14-15-16-17/h3-5,18H,2H2,1H3,(H2,12,14,16)/b13-5-. The number of halogens is 1. The molecule has 1 heterocycles. The maximum atomic E-state index is 9.69. The second-order valence-corrected chi connectivity index (χ2v) is 3.86. The molecule has 100 valence electrons. The Kier molecular flexibility index (Phi) is 3.81. The summed E-state index contributed by atoms with van der Waals surface area (Å²) in [6, 6.07) is 3.12. The third-order valence-corrected chi connectivity index (χ3v) is 2.43. The average molecular weight is 283 g/mol. The number of anilines is 1. The van der Waals surface area contributed by atoms with Crippen LogP contribution in [0, 0.1) is 0 Å². The third kappa shape index (κ3) is 2.91. The molecule has 0 saturated carbocycles. The van der Waals surface area contributed by atoms with Crippen molar-refractivity contribution in [3.63, 3.8) is 0 Å². The van der Waals surface area contributed by atoms with Crippen molar-refractivity contribution in [1.29, 1.82) is 0 Å². The molecule has 2 rings (SSSR count). The van der Waals surface area contributed by atoms with Gasteiger partial charge in [-0.05, 0) is 29.5 Å². The molecular weight excluding hydrogens is 272 g/mol. The summed E-state index contributed by atoms with van der Waals surface area (Å²) in [5.41, 5.74) is 6.07. The molecule has 9 heteroatoms. The van der Waals surface area contributed by atoms with Crippen molar-refractivity contribution in [1.82, 2.24) is 20.3 Å². The Morgan fingerprint density at radius 1 is 1.58 bits per heavy atom. The van der Waals surface area contributed by atoms with Crippen molar-refractivity contribution in [2.24, 2.45) is 5.10 Å². The first-order valence-corrected chi connectivity index (χ1v) is 5.73. The molecule has 0 fully saturated rings. The van der Waals surface area contributed by atoms with Gasteiger partial charge >= 0.3 is 0 Å². The lowest BCUT2D eigenvalue weighted by molar-refractivity contribution is 0.318. The van der Waals surface area contributed by atoms with E-state index in [2.05, 4.69) is 20.6 Å². The highest BCUT2D eigenvalue weighted by Crippen LogP contribution is 2.34. The highest BCUT2D eigenvalue weighted by Gasteiger charge is 2.08. The topological polar surface area (TPSA) is 111 Å². The number of tetrazole rings is 1. The van der Waals surface area contributed by atoms with E-state index >= 15 is 0 Å². The van der Waals surface area contributed by atoms with E-state index in [1.807, 2.05) is 0 Å². The van der Waals surface area contributed by atoms with Crippen LogP contribution in [0.15, 0.2) is 17.2 Å². The maximum Gasteiger partial charge on any atom is 0.263 e. The molecule has 1 aromatic carbocycles. The Labute approximate surface area is 113 Å². The molecule has 0 bridgehead atoms. The van der Waals surface area contributed by atoms with E-state index in [-0.39, 0.29) is 22.5 Å². The van der Waals surface area contributed by atoms with Crippen molar-refractivity contribution in [2.75, 3.05) is 12.3 Å². The number of aromatic hydroxyl groups is 1. The minimum atomic E-state index is -0.109. The molecular formula is C10H11ClN6O2. The lowest BCUT2D eigenvalue weighted by Gasteiger charge is -2.07. The van der Waals surface area contributed by atoms with Gasteiger partial charge in [0.25, 0.3) is 5.95 Å². The van der Waals surface area contributed by atoms with Gasteiger partial charge in [-0.25, -0.2) is 0 Å². The number of nitrogen functional groups attached to an aromatic ring is 1. The summed E-state index contributed by atoms with van der Waals surface area (Å²) in [4.78, 5) is 1.06. The minimum absolute atomic E-state index is 0.0613. The first-order valence-electron chi connectivity index (χ1n) is 5.35. The van der Waals surface area contributed by atoms with Crippen molar-refractivity contribution < 1.29 is 9.84 Å². The fraction of sp³-hybridized carbons (Fsp3) is 0.200. The number of hydrogen-bond donors (Lipinski definition) is 2. The first-order chi connectivity index (χ1) is 9.11. The third-order valence-electron chi connectivity index (χ3n) is 2.14. The number of aromatic nitrogens is 4. The number of nitrogens with two attached hydrogens (primary N) is 1. The fourth-order valence-electron chi connectivity index (χ4n) is 1.33. The van der Waals surface area contributed by atoms with Crippen LogP contribution in [0.5, 0.6) is 11.5 Å². The Balaban J connectivity index is 2.30. The number of phenolic OH excluding ortho intramolecular Hbond substituents is 1. The zero-order valence-electron chi connectivity index (χ0n) is 9.99. The van der Waals surface area contributed by atoms with Crippen LogP contribution in [0.2, 0.25) is 5.02 Å². The van der Waals surface area contributed by atoms with E-state index in [0.29, 0.717) is 12.2 Å². The van der Waals surface area contributed by atoms with Crippen molar-refractivity contribution >= 4 is 23.8 Å². The van der Waals surface area contributed by atoms with E-state index < -0.39 is 0 Å². The largest absolute Gasteiger partial charge is 0.503 e. The zero-order valence-corrected chi connectivity index (χ0v) is 10.7. The molecule has 0 aliphatic heterocycles. The second-order valence-electron chi connectivity index (χ2n) is 3.45. The summed E-state index contributed by atoms with van der Waals surface area (Å²) >= 11 is 5.88. The predicted molar refractivity (Wildman–Crippen MR) is 69.5 cm³/mol. The average Bonchev–Trinajstić information content (AvgIpc) is 2.78. The number of phenols is 1. The molecule has 0 unspecified atom stereocenters. The van der Waals surface area contributed by atoms with Crippen molar-refractivity contribution in [3.05, 3.63) is 22.7 Å². The molecule has 0 saturated heterocycles. The molecule has 3 N–H and O–H groups in total. The maximum absolute atomic E-state index is 9.69. The summed E-state index contributed by atoms with van der Waals surface area (Å²) in [5, 5.41) is 24.2. The van der Waals surface area contributed by atoms with Gasteiger partial charge in [0.15, 0.2) is 11.5 Å². The Bertz CT molecular complexity index is 612. The molecule has 0 aliphatic rings. The first kappa shape index (κ1) is 13.1. The van der Waals surface area contributed by atoms with Gasteiger partial charge in [-0.3, -0.25) is 0 Å². The van der Waals surface area contributed by atoms with Crippen LogP contribution in [-0.4, -0.2) is 38.2 Å². The zero-order chi connectivity index (χ0) is 13.8. The van der Waals surface area contributed by atoms with Gasteiger partial charge < -0.3 is 15.6 Å². The van der Waals surface area contributed by atoms with Crippen LogP contribution in [0.4, 0.5) is 5.95 Å². The molecule has 0 radical (unpaired) electrons. The van der Waals surface area contributed by atoms with E-state index in [4.69, 9.17) is 22.1 Å². The molecule has 2 aromatic rings. The van der Waals surface area contributed by atoms with E-state index in [1.165, 1.54) is 12.3 Å². The highest BCUT2D eigenvalue weighted by atomic mass is 35.5. The monoisotopic (exact) mass is 282 g/mol. The van der Waals surface area contributed by atoms with Gasteiger partial charge in [0.2, 0.25) is 0 Å². The van der Waals surface area contributed by atoms with Crippen LogP contribution in [0.1, 0.15) is 12.5 Å². The quantitative estimate of drug-likeness (QED) is 0.806. The molecule has 0 aliphatic carbocycles. The molecule has 0 amide bonds. The smallest absolute Gasteiger partial charge is 0.263 e. The predicted octanol–water partition coefficient (Wildman–Crippen LogP) is 0.895. The van der Waals surface area contributed by atoms with Crippen LogP contribution in [-0.2, 0) is 0 Å². The lowest BCUT2D eigenvalue weighted by atomic mass is 10.2. The van der Waals surface area contributed by atoms with Gasteiger partial charge in [-0.15, -0.1) is 0 Å². The summed E-state index contributed by atoms with van der Waals surface area (Å²) in [5.74, 6) is 0.231. The van der Waals surface area contributed by atoms with E-state index in [9.17, 15) is 5.11 Å². The van der Waals surface area contributed by atoms with Gasteiger partial charge in [0, 0.05) is 5.56 Å². The number of hydrogen-bond acceptors (Lipinski definition) is 7. The van der Waals surface area contributed by atoms with E-state index in [0.717, 1.165) is 4.79 Å². The van der Waals surface area contributed by atoms with Crippen LogP contribution in [0.25, 0.3) is 0 Å². The number of ether oxygens (including phenoxy) is 1. The van der Waals surface area contributed by atoms with Crippen LogP contribution >= 0.6 is 11.6 Å². The number of rotatable bonds is 4. The number of nitrogens with zero attached hydrogens (tertiary/aromatic N) is 5. The highest BCUT2D eigenvalue weighted by molar-refractivity contribution is 6.32. The summed E-state index contributed by atoms with van der Waals surface area (Å²) in [7, 11) is 0. The SMILES string of the molecule is CCOc1cc(/C=N\n2nnnc2N)cc(Cl)c1O. The molecule has 1 aromatic heterocycles. The summed E-state index contributed by atoms with van der Waals surface area (Å²) in [6.07, 6.45) is 1.44.